The van der Waals surface area contributed by atoms with Gasteiger partial charge in [0.15, 0.2) is 0 Å². The number of rotatable bonds is 4. The molecule has 24 heavy (non-hydrogen) atoms. The van der Waals surface area contributed by atoms with Gasteiger partial charge in [-0.3, -0.25) is 4.79 Å². The highest BCUT2D eigenvalue weighted by atomic mass is 19.4. The second-order valence-corrected chi connectivity index (χ2v) is 4.92. The average molecular weight is 330 g/mol. The van der Waals surface area contributed by atoms with E-state index in [0.29, 0.717) is 0 Å². The molecule has 0 aromatic heterocycles. The van der Waals surface area contributed by atoms with Crippen LogP contribution in [0, 0.1) is 11.3 Å². The van der Waals surface area contributed by atoms with Crippen molar-refractivity contribution in [2.75, 3.05) is 0 Å². The summed E-state index contributed by atoms with van der Waals surface area (Å²) in [7, 11) is 0. The van der Waals surface area contributed by atoms with Crippen LogP contribution in [0.25, 0.3) is 6.08 Å². The van der Waals surface area contributed by atoms with E-state index < -0.39 is 17.6 Å². The molecule has 0 atom stereocenters. The second-order valence-electron chi connectivity index (χ2n) is 4.92. The number of nitriles is 1. The Morgan fingerprint density at radius 1 is 1.08 bits per heavy atom. The molecule has 0 aliphatic heterocycles. The minimum Gasteiger partial charge on any atom is -0.347 e. The van der Waals surface area contributed by atoms with Crippen LogP contribution in [0.3, 0.4) is 0 Å². The highest BCUT2D eigenvalue weighted by Crippen LogP contribution is 2.32. The third-order valence-electron chi connectivity index (χ3n) is 3.23. The van der Waals surface area contributed by atoms with Crippen LogP contribution in [-0.2, 0) is 17.5 Å². The van der Waals surface area contributed by atoms with E-state index in [2.05, 4.69) is 5.32 Å². The van der Waals surface area contributed by atoms with E-state index in [1.807, 2.05) is 6.07 Å². The lowest BCUT2D eigenvalue weighted by Gasteiger charge is -2.10. The fourth-order valence-electron chi connectivity index (χ4n) is 2.06. The first kappa shape index (κ1) is 17.3. The molecule has 0 saturated carbocycles. The van der Waals surface area contributed by atoms with Gasteiger partial charge in [-0.2, -0.15) is 18.4 Å². The smallest absolute Gasteiger partial charge is 0.347 e. The fourth-order valence-corrected chi connectivity index (χ4v) is 2.06. The summed E-state index contributed by atoms with van der Waals surface area (Å²) in [5, 5.41) is 11.6. The first-order valence-corrected chi connectivity index (χ1v) is 7.02. The monoisotopic (exact) mass is 330 g/mol. The van der Waals surface area contributed by atoms with Gasteiger partial charge in [0.2, 0.25) is 0 Å². The molecule has 1 amide bonds. The maximum Gasteiger partial charge on any atom is 0.416 e. The van der Waals surface area contributed by atoms with Gasteiger partial charge in [-0.15, -0.1) is 0 Å². The van der Waals surface area contributed by atoms with Crippen molar-refractivity contribution in [1.82, 2.24) is 5.32 Å². The summed E-state index contributed by atoms with van der Waals surface area (Å²) in [4.78, 5) is 12.0. The van der Waals surface area contributed by atoms with Crippen molar-refractivity contribution in [3.63, 3.8) is 0 Å². The minimum absolute atomic E-state index is 0.180. The molecule has 0 saturated heterocycles. The van der Waals surface area contributed by atoms with E-state index >= 15 is 0 Å². The molecule has 122 valence electrons. The highest BCUT2D eigenvalue weighted by Gasteiger charge is 2.32. The van der Waals surface area contributed by atoms with Crippen LogP contribution in [0.5, 0.6) is 0 Å². The van der Waals surface area contributed by atoms with Gasteiger partial charge >= 0.3 is 6.18 Å². The molecule has 1 N–H and O–H groups in total. The highest BCUT2D eigenvalue weighted by molar-refractivity contribution is 6.01. The van der Waals surface area contributed by atoms with E-state index in [4.69, 9.17) is 5.26 Å². The zero-order valence-electron chi connectivity index (χ0n) is 12.5. The van der Waals surface area contributed by atoms with Gasteiger partial charge in [0.05, 0.1) is 5.56 Å². The Kier molecular flexibility index (Phi) is 5.38. The predicted molar refractivity (Wildman–Crippen MR) is 83.3 cm³/mol. The summed E-state index contributed by atoms with van der Waals surface area (Å²) in [5.41, 5.74) is -0.688. The molecule has 0 fully saturated rings. The Labute approximate surface area is 137 Å². The topological polar surface area (TPSA) is 52.9 Å². The summed E-state index contributed by atoms with van der Waals surface area (Å²) in [6.07, 6.45) is -3.61. The van der Waals surface area contributed by atoms with E-state index in [0.717, 1.165) is 17.7 Å². The molecule has 6 heteroatoms. The van der Waals surface area contributed by atoms with E-state index in [-0.39, 0.29) is 17.7 Å². The molecule has 0 aliphatic rings. The van der Waals surface area contributed by atoms with Gasteiger partial charge in [-0.25, -0.2) is 0 Å². The first-order chi connectivity index (χ1) is 11.4. The van der Waals surface area contributed by atoms with Crippen LogP contribution < -0.4 is 5.32 Å². The number of amides is 1. The summed E-state index contributed by atoms with van der Waals surface area (Å²) in [5.74, 6) is -0.724. The van der Waals surface area contributed by atoms with Gasteiger partial charge in [-0.1, -0.05) is 48.5 Å². The quantitative estimate of drug-likeness (QED) is 0.682. The van der Waals surface area contributed by atoms with Gasteiger partial charge in [0.1, 0.15) is 11.6 Å². The maximum atomic E-state index is 13.0. The van der Waals surface area contributed by atoms with Crippen molar-refractivity contribution in [2.45, 2.75) is 12.7 Å². The third kappa shape index (κ3) is 4.46. The van der Waals surface area contributed by atoms with E-state index in [9.17, 15) is 18.0 Å². The van der Waals surface area contributed by atoms with Gasteiger partial charge in [0, 0.05) is 6.54 Å². The van der Waals surface area contributed by atoms with Crippen molar-refractivity contribution in [1.29, 1.82) is 5.26 Å². The summed E-state index contributed by atoms with van der Waals surface area (Å²) in [6, 6.07) is 15.4. The SMILES string of the molecule is N#C/C(=C\c1ccccc1C(F)(F)F)C(=O)NCc1ccccc1. The number of hydrogen-bond acceptors (Lipinski definition) is 2. The lowest BCUT2D eigenvalue weighted by molar-refractivity contribution is -0.137. The third-order valence-corrected chi connectivity index (χ3v) is 3.23. The molecule has 2 rings (SSSR count). The van der Waals surface area contributed by atoms with Gasteiger partial charge in [0.25, 0.3) is 5.91 Å². The van der Waals surface area contributed by atoms with Crippen molar-refractivity contribution in [3.05, 3.63) is 76.9 Å². The molecular formula is C18H13F3N2O. The normalized spacial score (nSPS) is 11.7. The van der Waals surface area contributed by atoms with Crippen LogP contribution in [0.15, 0.2) is 60.2 Å². The number of carbonyl (C=O) groups is 1. The average Bonchev–Trinajstić information content (AvgIpc) is 2.58. The Hall–Kier alpha value is -3.07. The van der Waals surface area contributed by atoms with Crippen molar-refractivity contribution in [3.8, 4) is 6.07 Å². The van der Waals surface area contributed by atoms with Crippen molar-refractivity contribution in [2.24, 2.45) is 0 Å². The number of carbonyl (C=O) groups excluding carboxylic acids is 1. The summed E-state index contributed by atoms with van der Waals surface area (Å²) in [6.45, 7) is 0.180. The standard InChI is InChI=1S/C18H13F3N2O/c19-18(20,21)16-9-5-4-8-14(16)10-15(11-22)17(24)23-12-13-6-2-1-3-7-13/h1-10H,12H2,(H,23,24)/b15-10+. The Morgan fingerprint density at radius 2 is 1.71 bits per heavy atom. The molecule has 0 heterocycles. The first-order valence-electron chi connectivity index (χ1n) is 7.02. The lowest BCUT2D eigenvalue weighted by Crippen LogP contribution is -2.24. The molecular weight excluding hydrogens is 317 g/mol. The lowest BCUT2D eigenvalue weighted by atomic mass is 10.0. The Balaban J connectivity index is 2.21. The molecule has 2 aromatic rings. The fraction of sp³-hybridized carbons (Fsp3) is 0.111. The molecule has 3 nitrogen and oxygen atoms in total. The Bertz CT molecular complexity index is 790. The molecule has 2 aromatic carbocycles. The Morgan fingerprint density at radius 3 is 2.33 bits per heavy atom. The number of hydrogen-bond donors (Lipinski definition) is 1. The number of nitrogens with one attached hydrogen (secondary N) is 1. The molecule has 0 aliphatic carbocycles. The largest absolute Gasteiger partial charge is 0.416 e. The molecule has 0 radical (unpaired) electrons. The summed E-state index contributed by atoms with van der Waals surface area (Å²) < 4.78 is 38.9. The van der Waals surface area contributed by atoms with E-state index in [1.54, 1.807) is 30.3 Å². The van der Waals surface area contributed by atoms with E-state index in [1.165, 1.54) is 18.2 Å². The minimum atomic E-state index is -4.56. The second kappa shape index (κ2) is 7.47. The number of nitrogens with zero attached hydrogens (tertiary/aromatic N) is 1. The van der Waals surface area contributed by atoms with Gasteiger partial charge < -0.3 is 5.32 Å². The van der Waals surface area contributed by atoms with Crippen LogP contribution in [0.4, 0.5) is 13.2 Å². The number of benzene rings is 2. The van der Waals surface area contributed by atoms with Gasteiger partial charge in [-0.05, 0) is 23.3 Å². The van der Waals surface area contributed by atoms with Crippen LogP contribution >= 0.6 is 0 Å². The zero-order chi connectivity index (χ0) is 17.6. The van der Waals surface area contributed by atoms with Crippen LogP contribution in [-0.4, -0.2) is 5.91 Å². The zero-order valence-corrected chi connectivity index (χ0v) is 12.5. The van der Waals surface area contributed by atoms with Crippen molar-refractivity contribution >= 4 is 12.0 Å². The predicted octanol–water partition coefficient (Wildman–Crippen LogP) is 3.93. The number of halogens is 3. The summed E-state index contributed by atoms with van der Waals surface area (Å²) >= 11 is 0. The molecule has 0 spiro atoms. The van der Waals surface area contributed by atoms with Crippen LogP contribution in [0.2, 0.25) is 0 Å². The molecule has 0 unspecified atom stereocenters. The van der Waals surface area contributed by atoms with Crippen LogP contribution in [0.1, 0.15) is 16.7 Å². The molecule has 0 bridgehead atoms. The number of alkyl halides is 3. The maximum absolute atomic E-state index is 13.0. The van der Waals surface area contributed by atoms with Crippen molar-refractivity contribution < 1.29 is 18.0 Å².